The highest BCUT2D eigenvalue weighted by atomic mass is 32.2. The molecule has 1 aliphatic rings. The summed E-state index contributed by atoms with van der Waals surface area (Å²) in [6.07, 6.45) is 2.05. The van der Waals surface area contributed by atoms with Crippen molar-refractivity contribution in [2.45, 2.75) is 24.1 Å². The highest BCUT2D eigenvalue weighted by Gasteiger charge is 2.31. The van der Waals surface area contributed by atoms with Crippen molar-refractivity contribution in [1.29, 1.82) is 0 Å². The van der Waals surface area contributed by atoms with Gasteiger partial charge in [-0.2, -0.15) is 0 Å². The minimum absolute atomic E-state index is 0.0260. The van der Waals surface area contributed by atoms with Crippen molar-refractivity contribution in [2.75, 3.05) is 23.9 Å². The van der Waals surface area contributed by atoms with Crippen LogP contribution in [0.4, 0.5) is 10.5 Å². The molecule has 5 heteroatoms. The molecule has 0 spiro atoms. The van der Waals surface area contributed by atoms with Crippen LogP contribution in [0.25, 0.3) is 0 Å². The number of carbonyl (C=O) groups excluding carboxylic acids is 1. The quantitative estimate of drug-likeness (QED) is 0.755. The highest BCUT2D eigenvalue weighted by Crippen LogP contribution is 2.39. The van der Waals surface area contributed by atoms with Crippen LogP contribution in [-0.4, -0.2) is 29.5 Å². The summed E-state index contributed by atoms with van der Waals surface area (Å²) in [7, 11) is 0. The summed E-state index contributed by atoms with van der Waals surface area (Å²) >= 11 is 3.53. The number of nitrogens with zero attached hydrogens (tertiary/aromatic N) is 1. The van der Waals surface area contributed by atoms with Crippen molar-refractivity contribution in [2.24, 2.45) is 0 Å². The van der Waals surface area contributed by atoms with Gasteiger partial charge in [0.15, 0.2) is 0 Å². The molecule has 126 valence electrons. The Morgan fingerprint density at radius 1 is 1.21 bits per heavy atom. The molecule has 2 aromatic rings. The van der Waals surface area contributed by atoms with E-state index in [9.17, 15) is 4.79 Å². The van der Waals surface area contributed by atoms with Crippen LogP contribution < -0.4 is 5.32 Å². The topological polar surface area (TPSA) is 32.3 Å². The van der Waals surface area contributed by atoms with Crippen LogP contribution in [0, 0.1) is 13.8 Å². The van der Waals surface area contributed by atoms with Crippen LogP contribution in [0.1, 0.15) is 22.1 Å². The Morgan fingerprint density at radius 2 is 1.96 bits per heavy atom. The van der Waals surface area contributed by atoms with Gasteiger partial charge in [0, 0.05) is 22.9 Å². The van der Waals surface area contributed by atoms with Gasteiger partial charge in [0.25, 0.3) is 0 Å². The average molecular weight is 359 g/mol. The van der Waals surface area contributed by atoms with Crippen molar-refractivity contribution in [1.82, 2.24) is 4.90 Å². The van der Waals surface area contributed by atoms with Crippen LogP contribution in [-0.2, 0) is 0 Å². The largest absolute Gasteiger partial charge is 0.323 e. The molecule has 1 unspecified atom stereocenters. The predicted octanol–water partition coefficient (Wildman–Crippen LogP) is 5.30. The van der Waals surface area contributed by atoms with Gasteiger partial charge in [-0.3, -0.25) is 0 Å². The lowest BCUT2D eigenvalue weighted by Crippen LogP contribution is -2.34. The van der Waals surface area contributed by atoms with E-state index in [0.717, 1.165) is 18.0 Å². The van der Waals surface area contributed by atoms with Crippen molar-refractivity contribution >= 4 is 35.2 Å². The number of hydrogen-bond donors (Lipinski definition) is 1. The van der Waals surface area contributed by atoms with Gasteiger partial charge in [-0.05, 0) is 55.5 Å². The standard InChI is InChI=1S/C19H22N2OS2/c1-13-4-9-17(14(2)12-13)18-21(10-11-24-18)19(22)20-15-5-7-16(23-3)8-6-15/h4-9,12,18H,10-11H2,1-3H3,(H,20,22). The van der Waals surface area contributed by atoms with Crippen molar-refractivity contribution < 1.29 is 4.79 Å². The van der Waals surface area contributed by atoms with Gasteiger partial charge in [0.1, 0.15) is 5.37 Å². The van der Waals surface area contributed by atoms with Gasteiger partial charge in [-0.25, -0.2) is 4.79 Å². The molecule has 3 rings (SSSR count). The number of urea groups is 1. The maximum atomic E-state index is 12.7. The summed E-state index contributed by atoms with van der Waals surface area (Å²) in [5.41, 5.74) is 4.57. The number of rotatable bonds is 3. The molecule has 0 bridgehead atoms. The Bertz CT molecular complexity index is 731. The van der Waals surface area contributed by atoms with Crippen molar-refractivity contribution in [3.8, 4) is 0 Å². The maximum Gasteiger partial charge on any atom is 0.323 e. The number of anilines is 1. The van der Waals surface area contributed by atoms with Gasteiger partial charge in [0.2, 0.25) is 0 Å². The van der Waals surface area contributed by atoms with E-state index in [1.165, 1.54) is 21.6 Å². The first-order valence-corrected chi connectivity index (χ1v) is 10.3. The minimum atomic E-state index is -0.0260. The summed E-state index contributed by atoms with van der Waals surface area (Å²) in [4.78, 5) is 15.9. The van der Waals surface area contributed by atoms with E-state index < -0.39 is 0 Å². The smallest absolute Gasteiger partial charge is 0.308 e. The molecular formula is C19H22N2OS2. The predicted molar refractivity (Wildman–Crippen MR) is 105 cm³/mol. The summed E-state index contributed by atoms with van der Waals surface area (Å²) < 4.78 is 0. The molecule has 24 heavy (non-hydrogen) atoms. The second-order valence-corrected chi connectivity index (χ2v) is 8.00. The van der Waals surface area contributed by atoms with Gasteiger partial charge >= 0.3 is 6.03 Å². The third-order valence-corrected chi connectivity index (χ3v) is 6.17. The lowest BCUT2D eigenvalue weighted by atomic mass is 10.1. The SMILES string of the molecule is CSc1ccc(NC(=O)N2CCSC2c2ccc(C)cc2C)cc1. The third-order valence-electron chi connectivity index (χ3n) is 4.18. The minimum Gasteiger partial charge on any atom is -0.308 e. The van der Waals surface area contributed by atoms with Crippen LogP contribution >= 0.6 is 23.5 Å². The highest BCUT2D eigenvalue weighted by molar-refractivity contribution is 7.99. The zero-order chi connectivity index (χ0) is 17.1. The first-order chi connectivity index (χ1) is 11.6. The number of aryl methyl sites for hydroxylation is 2. The Morgan fingerprint density at radius 3 is 2.62 bits per heavy atom. The van der Waals surface area contributed by atoms with Crippen LogP contribution in [0.3, 0.4) is 0 Å². The Kier molecular flexibility index (Phi) is 5.41. The molecule has 0 radical (unpaired) electrons. The lowest BCUT2D eigenvalue weighted by Gasteiger charge is -2.25. The molecule has 1 fully saturated rings. The van der Waals surface area contributed by atoms with Crippen molar-refractivity contribution in [3.63, 3.8) is 0 Å². The molecule has 2 aromatic carbocycles. The Labute approximate surface area is 152 Å². The number of amides is 2. The van der Waals surface area contributed by atoms with Gasteiger partial charge in [0.05, 0.1) is 0 Å². The monoisotopic (exact) mass is 358 g/mol. The average Bonchev–Trinajstić information content (AvgIpc) is 3.05. The van der Waals surface area contributed by atoms with Crippen LogP contribution in [0.15, 0.2) is 47.4 Å². The fourth-order valence-electron chi connectivity index (χ4n) is 2.91. The molecule has 1 atom stereocenters. The molecule has 3 nitrogen and oxygen atoms in total. The maximum absolute atomic E-state index is 12.7. The normalized spacial score (nSPS) is 17.1. The molecule has 0 aliphatic carbocycles. The molecule has 1 saturated heterocycles. The first-order valence-electron chi connectivity index (χ1n) is 7.99. The van der Waals surface area contributed by atoms with E-state index in [1.54, 1.807) is 11.8 Å². The van der Waals surface area contributed by atoms with Crippen molar-refractivity contribution in [3.05, 3.63) is 59.2 Å². The van der Waals surface area contributed by atoms with Crippen LogP contribution in [0.5, 0.6) is 0 Å². The molecule has 1 N–H and O–H groups in total. The Balaban J connectivity index is 1.75. The zero-order valence-electron chi connectivity index (χ0n) is 14.2. The van der Waals surface area contributed by atoms with E-state index in [-0.39, 0.29) is 11.4 Å². The number of benzene rings is 2. The molecule has 1 aliphatic heterocycles. The second kappa shape index (κ2) is 7.53. The van der Waals surface area contributed by atoms with E-state index in [2.05, 4.69) is 37.4 Å². The summed E-state index contributed by atoms with van der Waals surface area (Å²) in [5, 5.41) is 3.12. The second-order valence-electron chi connectivity index (χ2n) is 5.94. The summed E-state index contributed by atoms with van der Waals surface area (Å²) in [6, 6.07) is 14.4. The van der Waals surface area contributed by atoms with Crippen LogP contribution in [0.2, 0.25) is 0 Å². The van der Waals surface area contributed by atoms with Gasteiger partial charge in [-0.1, -0.05) is 23.8 Å². The number of thioether (sulfide) groups is 2. The fourth-order valence-corrected chi connectivity index (χ4v) is 4.67. The molecule has 0 aromatic heterocycles. The molecule has 1 heterocycles. The lowest BCUT2D eigenvalue weighted by molar-refractivity contribution is 0.214. The van der Waals surface area contributed by atoms with E-state index in [1.807, 2.05) is 47.2 Å². The summed E-state index contributed by atoms with van der Waals surface area (Å²) in [6.45, 7) is 5.00. The van der Waals surface area contributed by atoms with E-state index >= 15 is 0 Å². The number of carbonyl (C=O) groups is 1. The van der Waals surface area contributed by atoms with E-state index in [0.29, 0.717) is 0 Å². The molecule has 2 amide bonds. The molecule has 0 saturated carbocycles. The van der Waals surface area contributed by atoms with Gasteiger partial charge < -0.3 is 10.2 Å². The zero-order valence-corrected chi connectivity index (χ0v) is 15.8. The van der Waals surface area contributed by atoms with Gasteiger partial charge in [-0.15, -0.1) is 23.5 Å². The molecular weight excluding hydrogens is 336 g/mol. The third kappa shape index (κ3) is 3.73. The Hall–Kier alpha value is -1.59. The number of hydrogen-bond acceptors (Lipinski definition) is 3. The number of nitrogens with one attached hydrogen (secondary N) is 1. The summed E-state index contributed by atoms with van der Waals surface area (Å²) in [5.74, 6) is 0.969. The fraction of sp³-hybridized carbons (Fsp3) is 0.316. The first kappa shape index (κ1) is 17.2. The van der Waals surface area contributed by atoms with E-state index in [4.69, 9.17) is 0 Å².